The minimum Gasteiger partial charge on any atom is -0.497 e. The van der Waals surface area contributed by atoms with Crippen LogP contribution in [0.5, 0.6) is 5.75 Å². The molecule has 0 spiro atoms. The van der Waals surface area contributed by atoms with E-state index < -0.39 is 0 Å². The van der Waals surface area contributed by atoms with Gasteiger partial charge in [0.2, 0.25) is 0 Å². The van der Waals surface area contributed by atoms with Crippen LogP contribution < -0.4 is 4.74 Å². The lowest BCUT2D eigenvalue weighted by Crippen LogP contribution is -1.82. The number of hydrogen-bond acceptors (Lipinski definition) is 2. The molecule has 0 aliphatic rings. The van der Waals surface area contributed by atoms with Crippen molar-refractivity contribution >= 4 is 21.9 Å². The zero-order chi connectivity index (χ0) is 14.2. The maximum atomic E-state index is 5.93. The summed E-state index contributed by atoms with van der Waals surface area (Å²) in [7, 11) is 1.68. The number of methoxy groups -OCH3 is 1. The van der Waals surface area contributed by atoms with Gasteiger partial charge in [-0.3, -0.25) is 0 Å². The number of furan rings is 1. The molecule has 0 unspecified atom stereocenters. The summed E-state index contributed by atoms with van der Waals surface area (Å²) in [4.78, 5) is 0. The quantitative estimate of drug-likeness (QED) is 0.497. The topological polar surface area (TPSA) is 22.4 Å². The van der Waals surface area contributed by atoms with Crippen molar-refractivity contribution in [2.45, 2.75) is 0 Å². The molecule has 0 saturated carbocycles. The van der Waals surface area contributed by atoms with Crippen LogP contribution in [0, 0.1) is 0 Å². The van der Waals surface area contributed by atoms with Gasteiger partial charge < -0.3 is 9.15 Å². The van der Waals surface area contributed by atoms with Crippen molar-refractivity contribution in [1.29, 1.82) is 0 Å². The third-order valence-corrected chi connectivity index (χ3v) is 3.80. The largest absolute Gasteiger partial charge is 0.497 e. The molecule has 0 aliphatic carbocycles. The third-order valence-electron chi connectivity index (χ3n) is 3.80. The Kier molecular flexibility index (Phi) is 2.68. The van der Waals surface area contributed by atoms with Gasteiger partial charge in [0, 0.05) is 10.8 Å². The van der Waals surface area contributed by atoms with Gasteiger partial charge in [-0.05, 0) is 41.5 Å². The van der Waals surface area contributed by atoms with E-state index in [-0.39, 0.29) is 0 Å². The fourth-order valence-electron chi connectivity index (χ4n) is 2.69. The zero-order valence-corrected chi connectivity index (χ0v) is 11.7. The van der Waals surface area contributed by atoms with E-state index in [2.05, 4.69) is 36.4 Å². The number of hydrogen-bond donors (Lipinski definition) is 0. The van der Waals surface area contributed by atoms with E-state index in [1.165, 1.54) is 0 Å². The van der Waals surface area contributed by atoms with Crippen LogP contribution in [0.3, 0.4) is 0 Å². The number of ether oxygens (including phenoxy) is 1. The minimum absolute atomic E-state index is 0.864. The lowest BCUT2D eigenvalue weighted by molar-refractivity contribution is 0.415. The highest BCUT2D eigenvalue weighted by Gasteiger charge is 2.07. The van der Waals surface area contributed by atoms with E-state index in [1.807, 2.05) is 30.3 Å². The van der Waals surface area contributed by atoms with E-state index >= 15 is 0 Å². The Morgan fingerprint density at radius 2 is 1.43 bits per heavy atom. The molecule has 0 radical (unpaired) electrons. The van der Waals surface area contributed by atoms with Gasteiger partial charge in [0.1, 0.15) is 16.9 Å². The van der Waals surface area contributed by atoms with Crippen molar-refractivity contribution in [2.75, 3.05) is 7.11 Å². The molecule has 1 aromatic heterocycles. The average molecular weight is 274 g/mol. The molecule has 2 nitrogen and oxygen atoms in total. The van der Waals surface area contributed by atoms with E-state index in [1.54, 1.807) is 7.11 Å². The normalized spacial score (nSPS) is 11.1. The Bertz CT molecular complexity index is 917. The van der Waals surface area contributed by atoms with Crippen LogP contribution >= 0.6 is 0 Å². The highest BCUT2D eigenvalue weighted by atomic mass is 16.5. The monoisotopic (exact) mass is 274 g/mol. The lowest BCUT2D eigenvalue weighted by Gasteiger charge is -2.03. The highest BCUT2D eigenvalue weighted by molar-refractivity contribution is 6.05. The SMILES string of the molecule is COc1ccc(-c2ccc3c(c2)oc2ccccc23)cc1. The molecule has 102 valence electrons. The Morgan fingerprint density at radius 3 is 2.24 bits per heavy atom. The second-order valence-corrected chi connectivity index (χ2v) is 5.04. The molecule has 0 amide bonds. The summed E-state index contributed by atoms with van der Waals surface area (Å²) in [5.41, 5.74) is 4.14. The first-order chi connectivity index (χ1) is 10.3. The van der Waals surface area contributed by atoms with Crippen molar-refractivity contribution in [2.24, 2.45) is 0 Å². The summed E-state index contributed by atoms with van der Waals surface area (Å²) in [5, 5.41) is 2.32. The Hall–Kier alpha value is -2.74. The molecular weight excluding hydrogens is 260 g/mol. The summed E-state index contributed by atoms with van der Waals surface area (Å²) < 4.78 is 11.1. The van der Waals surface area contributed by atoms with Crippen LogP contribution in [-0.4, -0.2) is 7.11 Å². The van der Waals surface area contributed by atoms with E-state index in [9.17, 15) is 0 Å². The van der Waals surface area contributed by atoms with Crippen LogP contribution in [0.2, 0.25) is 0 Å². The predicted octanol–water partition coefficient (Wildman–Crippen LogP) is 5.26. The second kappa shape index (κ2) is 4.67. The highest BCUT2D eigenvalue weighted by Crippen LogP contribution is 2.32. The summed E-state index contributed by atoms with van der Waals surface area (Å²) in [6.07, 6.45) is 0. The molecule has 4 aromatic rings. The molecule has 0 atom stereocenters. The van der Waals surface area contributed by atoms with Gasteiger partial charge >= 0.3 is 0 Å². The maximum absolute atomic E-state index is 5.93. The molecule has 0 aliphatic heterocycles. The van der Waals surface area contributed by atoms with E-state index in [0.29, 0.717) is 0 Å². The van der Waals surface area contributed by atoms with Crippen LogP contribution in [0.15, 0.2) is 71.1 Å². The molecule has 0 fully saturated rings. The van der Waals surface area contributed by atoms with Crippen molar-refractivity contribution in [3.8, 4) is 16.9 Å². The van der Waals surface area contributed by atoms with Crippen LogP contribution in [0.25, 0.3) is 33.1 Å². The standard InChI is InChI=1S/C19H14O2/c1-20-15-9-6-13(7-10-15)14-8-11-17-16-4-2-3-5-18(16)21-19(17)12-14/h2-12H,1H3. The minimum atomic E-state index is 0.864. The Labute approximate surface area is 122 Å². The number of para-hydroxylation sites is 1. The molecule has 1 heterocycles. The van der Waals surface area contributed by atoms with Gasteiger partial charge in [0.05, 0.1) is 7.11 Å². The first-order valence-corrected chi connectivity index (χ1v) is 6.91. The predicted molar refractivity (Wildman–Crippen MR) is 85.7 cm³/mol. The van der Waals surface area contributed by atoms with Crippen molar-refractivity contribution in [3.63, 3.8) is 0 Å². The zero-order valence-electron chi connectivity index (χ0n) is 11.7. The Balaban J connectivity index is 1.87. The molecule has 4 rings (SSSR count). The number of rotatable bonds is 2. The smallest absolute Gasteiger partial charge is 0.136 e. The molecule has 0 bridgehead atoms. The second-order valence-electron chi connectivity index (χ2n) is 5.04. The van der Waals surface area contributed by atoms with Gasteiger partial charge in [0.25, 0.3) is 0 Å². The first-order valence-electron chi connectivity index (χ1n) is 6.91. The third kappa shape index (κ3) is 1.96. The summed E-state index contributed by atoms with van der Waals surface area (Å²) in [5.74, 6) is 0.864. The van der Waals surface area contributed by atoms with Crippen LogP contribution in [0.1, 0.15) is 0 Å². The van der Waals surface area contributed by atoms with Gasteiger partial charge in [-0.1, -0.05) is 36.4 Å². The first kappa shape index (κ1) is 12.0. The molecule has 0 N–H and O–H groups in total. The molecular formula is C19H14O2. The Morgan fingerprint density at radius 1 is 0.714 bits per heavy atom. The number of benzene rings is 3. The molecule has 0 saturated heterocycles. The fraction of sp³-hybridized carbons (Fsp3) is 0.0526. The van der Waals surface area contributed by atoms with E-state index in [4.69, 9.17) is 9.15 Å². The van der Waals surface area contributed by atoms with E-state index in [0.717, 1.165) is 38.8 Å². The van der Waals surface area contributed by atoms with Crippen molar-refractivity contribution in [1.82, 2.24) is 0 Å². The summed E-state index contributed by atoms with van der Waals surface area (Å²) in [6, 6.07) is 22.5. The number of fused-ring (bicyclic) bond motifs is 3. The molecule has 2 heteroatoms. The van der Waals surface area contributed by atoms with Gasteiger partial charge in [0.15, 0.2) is 0 Å². The summed E-state index contributed by atoms with van der Waals surface area (Å²) >= 11 is 0. The van der Waals surface area contributed by atoms with Crippen molar-refractivity contribution in [3.05, 3.63) is 66.7 Å². The van der Waals surface area contributed by atoms with Crippen molar-refractivity contribution < 1.29 is 9.15 Å². The average Bonchev–Trinajstić information content (AvgIpc) is 2.92. The van der Waals surface area contributed by atoms with Crippen LogP contribution in [0.4, 0.5) is 0 Å². The van der Waals surface area contributed by atoms with Gasteiger partial charge in [-0.15, -0.1) is 0 Å². The molecule has 3 aromatic carbocycles. The van der Waals surface area contributed by atoms with Gasteiger partial charge in [-0.25, -0.2) is 0 Å². The van der Waals surface area contributed by atoms with Crippen LogP contribution in [-0.2, 0) is 0 Å². The maximum Gasteiger partial charge on any atom is 0.136 e. The van der Waals surface area contributed by atoms with Gasteiger partial charge in [-0.2, -0.15) is 0 Å². The lowest BCUT2D eigenvalue weighted by atomic mass is 10.0. The molecule has 21 heavy (non-hydrogen) atoms. The fourth-order valence-corrected chi connectivity index (χ4v) is 2.69. The summed E-state index contributed by atoms with van der Waals surface area (Å²) in [6.45, 7) is 0.